The maximum Gasteiger partial charge on any atom is 0.343 e. The number of ether oxygens (including phenoxy) is 1. The second-order valence-corrected chi connectivity index (χ2v) is 6.31. The van der Waals surface area contributed by atoms with Gasteiger partial charge in [0.05, 0.1) is 5.56 Å². The molecule has 0 aliphatic heterocycles. The highest BCUT2D eigenvalue weighted by Crippen LogP contribution is 2.17. The first-order chi connectivity index (χ1) is 14.0. The number of rotatable bonds is 5. The molecule has 5 heteroatoms. The van der Waals surface area contributed by atoms with Gasteiger partial charge >= 0.3 is 5.97 Å². The zero-order valence-electron chi connectivity index (χ0n) is 15.8. The SMILES string of the molecule is Cc1ccc(NC(=O)C(C#N)=Cc2ccc(OC(=O)c3ccccc3)cc2)cc1. The summed E-state index contributed by atoms with van der Waals surface area (Å²) < 4.78 is 5.32. The molecule has 0 spiro atoms. The third kappa shape index (κ3) is 5.41. The average Bonchev–Trinajstić information content (AvgIpc) is 2.75. The van der Waals surface area contributed by atoms with Crippen LogP contribution in [0, 0.1) is 18.3 Å². The van der Waals surface area contributed by atoms with Crippen molar-refractivity contribution in [2.75, 3.05) is 5.32 Å². The molecule has 0 aromatic heterocycles. The molecule has 3 aromatic rings. The zero-order valence-corrected chi connectivity index (χ0v) is 15.8. The van der Waals surface area contributed by atoms with Crippen molar-refractivity contribution >= 4 is 23.6 Å². The Hall–Kier alpha value is -4.17. The van der Waals surface area contributed by atoms with Crippen LogP contribution in [0.5, 0.6) is 5.75 Å². The Morgan fingerprint density at radius 3 is 2.21 bits per heavy atom. The normalized spacial score (nSPS) is 10.7. The van der Waals surface area contributed by atoms with Gasteiger partial charge in [-0.2, -0.15) is 5.26 Å². The van der Waals surface area contributed by atoms with E-state index in [0.717, 1.165) is 5.56 Å². The van der Waals surface area contributed by atoms with Crippen molar-refractivity contribution in [2.45, 2.75) is 6.92 Å². The van der Waals surface area contributed by atoms with Crippen LogP contribution in [0.25, 0.3) is 6.08 Å². The summed E-state index contributed by atoms with van der Waals surface area (Å²) in [6, 6.07) is 24.5. The van der Waals surface area contributed by atoms with Gasteiger partial charge in [0, 0.05) is 5.69 Å². The van der Waals surface area contributed by atoms with Crippen molar-refractivity contribution < 1.29 is 14.3 Å². The lowest BCUT2D eigenvalue weighted by Crippen LogP contribution is -2.13. The predicted molar refractivity (Wildman–Crippen MR) is 111 cm³/mol. The number of nitrogens with one attached hydrogen (secondary N) is 1. The minimum atomic E-state index is -0.490. The maximum atomic E-state index is 12.3. The van der Waals surface area contributed by atoms with Crippen LogP contribution < -0.4 is 10.1 Å². The minimum Gasteiger partial charge on any atom is -0.423 e. The fourth-order valence-electron chi connectivity index (χ4n) is 2.52. The van der Waals surface area contributed by atoms with Gasteiger partial charge in [-0.05, 0) is 55.0 Å². The number of benzene rings is 3. The molecule has 0 bridgehead atoms. The van der Waals surface area contributed by atoms with E-state index in [1.165, 1.54) is 6.08 Å². The Bertz CT molecular complexity index is 1080. The van der Waals surface area contributed by atoms with E-state index in [1.807, 2.05) is 31.2 Å². The lowest BCUT2D eigenvalue weighted by molar-refractivity contribution is -0.112. The van der Waals surface area contributed by atoms with Gasteiger partial charge in [0.2, 0.25) is 0 Å². The Balaban J connectivity index is 1.68. The molecule has 1 N–H and O–H groups in total. The second kappa shape index (κ2) is 9.16. The van der Waals surface area contributed by atoms with E-state index < -0.39 is 11.9 Å². The summed E-state index contributed by atoms with van der Waals surface area (Å²) in [6.45, 7) is 1.95. The predicted octanol–water partition coefficient (Wildman–Crippen LogP) is 4.76. The smallest absolute Gasteiger partial charge is 0.343 e. The molecule has 0 unspecified atom stereocenters. The molecular weight excluding hydrogens is 364 g/mol. The topological polar surface area (TPSA) is 79.2 Å². The molecule has 0 saturated carbocycles. The molecule has 0 atom stereocenters. The van der Waals surface area contributed by atoms with Crippen molar-refractivity contribution in [3.8, 4) is 11.8 Å². The molecule has 3 aromatic carbocycles. The minimum absolute atomic E-state index is 0.0281. The highest BCUT2D eigenvalue weighted by molar-refractivity contribution is 6.09. The molecule has 142 valence electrons. The van der Waals surface area contributed by atoms with Crippen LogP contribution in [0.3, 0.4) is 0 Å². The first-order valence-corrected chi connectivity index (χ1v) is 8.92. The second-order valence-electron chi connectivity index (χ2n) is 6.31. The number of aryl methyl sites for hydroxylation is 1. The number of hydrogen-bond acceptors (Lipinski definition) is 4. The molecule has 0 radical (unpaired) electrons. The van der Waals surface area contributed by atoms with Gasteiger partial charge in [-0.25, -0.2) is 4.79 Å². The van der Waals surface area contributed by atoms with Gasteiger partial charge in [0.15, 0.2) is 0 Å². The van der Waals surface area contributed by atoms with Gasteiger partial charge in [-0.1, -0.05) is 48.0 Å². The number of amides is 1. The van der Waals surface area contributed by atoms with Crippen molar-refractivity contribution in [2.24, 2.45) is 0 Å². The summed E-state index contributed by atoms with van der Waals surface area (Å²) >= 11 is 0. The molecule has 0 aliphatic rings. The fraction of sp³-hybridized carbons (Fsp3) is 0.0417. The number of esters is 1. The lowest BCUT2D eigenvalue weighted by Gasteiger charge is -2.06. The quantitative estimate of drug-likeness (QED) is 0.299. The Morgan fingerprint density at radius 1 is 0.931 bits per heavy atom. The van der Waals surface area contributed by atoms with Crippen LogP contribution in [-0.4, -0.2) is 11.9 Å². The first-order valence-electron chi connectivity index (χ1n) is 8.92. The van der Waals surface area contributed by atoms with E-state index in [1.54, 1.807) is 60.7 Å². The third-order valence-electron chi connectivity index (χ3n) is 4.09. The molecule has 0 saturated heterocycles. The Kier molecular flexibility index (Phi) is 6.18. The van der Waals surface area contributed by atoms with Crippen molar-refractivity contribution in [3.05, 3.63) is 101 Å². The van der Waals surface area contributed by atoms with Gasteiger partial charge in [0.1, 0.15) is 17.4 Å². The summed E-state index contributed by atoms with van der Waals surface area (Å²) in [6.07, 6.45) is 1.48. The Labute approximate surface area is 168 Å². The molecule has 29 heavy (non-hydrogen) atoms. The summed E-state index contributed by atoms with van der Waals surface area (Å²) in [5, 5.41) is 12.0. The van der Waals surface area contributed by atoms with E-state index in [-0.39, 0.29) is 5.57 Å². The maximum absolute atomic E-state index is 12.3. The van der Waals surface area contributed by atoms with Crippen LogP contribution in [0.15, 0.2) is 84.4 Å². The number of carbonyl (C=O) groups is 2. The molecule has 0 aliphatic carbocycles. The number of anilines is 1. The molecule has 0 heterocycles. The summed E-state index contributed by atoms with van der Waals surface area (Å²) in [4.78, 5) is 24.4. The van der Waals surface area contributed by atoms with E-state index in [9.17, 15) is 14.9 Å². The molecule has 3 rings (SSSR count). The number of nitrogens with zero attached hydrogens (tertiary/aromatic N) is 1. The molecular formula is C24H18N2O3. The molecule has 0 fully saturated rings. The Morgan fingerprint density at radius 2 is 1.59 bits per heavy atom. The summed E-state index contributed by atoms with van der Waals surface area (Å²) in [5.74, 6) is -0.571. The number of nitriles is 1. The van der Waals surface area contributed by atoms with Crippen molar-refractivity contribution in [3.63, 3.8) is 0 Å². The van der Waals surface area contributed by atoms with Gasteiger partial charge in [-0.3, -0.25) is 4.79 Å². The van der Waals surface area contributed by atoms with Crippen LogP contribution in [0.1, 0.15) is 21.5 Å². The van der Waals surface area contributed by atoms with Crippen LogP contribution in [0.2, 0.25) is 0 Å². The van der Waals surface area contributed by atoms with E-state index in [4.69, 9.17) is 4.74 Å². The third-order valence-corrected chi connectivity index (χ3v) is 4.09. The lowest BCUT2D eigenvalue weighted by atomic mass is 10.1. The van der Waals surface area contributed by atoms with Gasteiger partial charge < -0.3 is 10.1 Å². The van der Waals surface area contributed by atoms with Crippen LogP contribution in [0.4, 0.5) is 5.69 Å². The van der Waals surface area contributed by atoms with Crippen molar-refractivity contribution in [1.29, 1.82) is 5.26 Å². The van der Waals surface area contributed by atoms with E-state index >= 15 is 0 Å². The number of hydrogen-bond donors (Lipinski definition) is 1. The first kappa shape index (κ1) is 19.6. The molecule has 1 amide bonds. The largest absolute Gasteiger partial charge is 0.423 e. The zero-order chi connectivity index (χ0) is 20.6. The van der Waals surface area contributed by atoms with E-state index in [2.05, 4.69) is 5.32 Å². The molecule has 5 nitrogen and oxygen atoms in total. The number of carbonyl (C=O) groups excluding carboxylic acids is 2. The summed E-state index contributed by atoms with van der Waals surface area (Å²) in [7, 11) is 0. The monoisotopic (exact) mass is 382 g/mol. The highest BCUT2D eigenvalue weighted by Gasteiger charge is 2.10. The van der Waals surface area contributed by atoms with Gasteiger partial charge in [-0.15, -0.1) is 0 Å². The fourth-order valence-corrected chi connectivity index (χ4v) is 2.52. The van der Waals surface area contributed by atoms with Crippen molar-refractivity contribution in [1.82, 2.24) is 0 Å². The van der Waals surface area contributed by atoms with Crippen LogP contribution >= 0.6 is 0 Å². The van der Waals surface area contributed by atoms with Gasteiger partial charge in [0.25, 0.3) is 5.91 Å². The van der Waals surface area contributed by atoms with Crippen LogP contribution in [-0.2, 0) is 4.79 Å². The van der Waals surface area contributed by atoms with E-state index in [0.29, 0.717) is 22.6 Å². The summed E-state index contributed by atoms with van der Waals surface area (Å²) in [5.41, 5.74) is 2.76. The highest BCUT2D eigenvalue weighted by atomic mass is 16.5. The standard InChI is InChI=1S/C24H18N2O3/c1-17-7-11-21(12-8-17)26-23(27)20(16-25)15-18-9-13-22(14-10-18)29-24(28)19-5-3-2-4-6-19/h2-15H,1H3,(H,26,27). The average molecular weight is 382 g/mol.